The molecule has 148 valence electrons. The van der Waals surface area contributed by atoms with Gasteiger partial charge in [0.25, 0.3) is 0 Å². The zero-order valence-corrected chi connectivity index (χ0v) is 17.1. The summed E-state index contributed by atoms with van der Waals surface area (Å²) >= 11 is 1.86. The average Bonchev–Trinajstić information content (AvgIpc) is 3.48. The van der Waals surface area contributed by atoms with Gasteiger partial charge in [-0.2, -0.15) is 4.52 Å². The first kappa shape index (κ1) is 18.0. The van der Waals surface area contributed by atoms with E-state index in [4.69, 9.17) is 9.72 Å². The number of ether oxygens (including phenoxy) is 1. The second-order valence-corrected chi connectivity index (χ2v) is 8.80. The van der Waals surface area contributed by atoms with Gasteiger partial charge < -0.3 is 4.74 Å². The maximum Gasteiger partial charge on any atom is 0.231 e. The zero-order chi connectivity index (χ0) is 18.9. The number of methoxy groups -OCH3 is 1. The molecule has 0 unspecified atom stereocenters. The molecule has 0 aromatic carbocycles. The lowest BCUT2D eigenvalue weighted by molar-refractivity contribution is 0.199. The van der Waals surface area contributed by atoms with E-state index in [-0.39, 0.29) is 0 Å². The molecule has 1 saturated heterocycles. The van der Waals surface area contributed by atoms with Gasteiger partial charge in [0.2, 0.25) is 5.88 Å². The number of rotatable bonds is 5. The Morgan fingerprint density at radius 3 is 2.68 bits per heavy atom. The Kier molecular flexibility index (Phi) is 4.98. The van der Waals surface area contributed by atoms with E-state index >= 15 is 0 Å². The molecule has 7 nitrogen and oxygen atoms in total. The van der Waals surface area contributed by atoms with Crippen LogP contribution in [0.25, 0.3) is 5.65 Å². The van der Waals surface area contributed by atoms with Crippen LogP contribution < -0.4 is 4.74 Å². The van der Waals surface area contributed by atoms with Crippen LogP contribution in [0, 0.1) is 0 Å². The van der Waals surface area contributed by atoms with Crippen LogP contribution in [0.4, 0.5) is 0 Å². The predicted octanol–water partition coefficient (Wildman–Crippen LogP) is 3.63. The van der Waals surface area contributed by atoms with E-state index in [1.54, 1.807) is 7.11 Å². The van der Waals surface area contributed by atoms with Gasteiger partial charge in [-0.15, -0.1) is 26.6 Å². The molecule has 3 aromatic rings. The fourth-order valence-corrected chi connectivity index (χ4v) is 5.47. The van der Waals surface area contributed by atoms with E-state index in [2.05, 4.69) is 25.6 Å². The molecule has 0 radical (unpaired) electrons. The molecule has 0 amide bonds. The molecule has 0 bridgehead atoms. The molecular weight excluding hydrogens is 372 g/mol. The molecule has 0 N–H and O–H groups in total. The Hall–Kier alpha value is -2.06. The van der Waals surface area contributed by atoms with Gasteiger partial charge in [0.05, 0.1) is 17.8 Å². The molecule has 2 aliphatic rings. The van der Waals surface area contributed by atoms with Gasteiger partial charge in [0.15, 0.2) is 11.5 Å². The summed E-state index contributed by atoms with van der Waals surface area (Å²) in [6.07, 6.45) is 7.52. The summed E-state index contributed by atoms with van der Waals surface area (Å²) in [7, 11) is 1.63. The minimum atomic E-state index is 0.385. The van der Waals surface area contributed by atoms with Crippen molar-refractivity contribution in [3.63, 3.8) is 0 Å². The molecule has 0 atom stereocenters. The number of nitrogens with zero attached hydrogens (tertiary/aromatic N) is 6. The van der Waals surface area contributed by atoms with Crippen LogP contribution in [0.15, 0.2) is 17.5 Å². The molecular formula is C20H26N6OS. The van der Waals surface area contributed by atoms with E-state index in [1.165, 1.54) is 36.4 Å². The largest absolute Gasteiger partial charge is 0.480 e. The lowest BCUT2D eigenvalue weighted by Gasteiger charge is -2.30. The van der Waals surface area contributed by atoms with Gasteiger partial charge in [0.1, 0.15) is 0 Å². The van der Waals surface area contributed by atoms with Crippen molar-refractivity contribution in [3.05, 3.63) is 34.0 Å². The molecule has 8 heteroatoms. The molecule has 0 spiro atoms. The topological polar surface area (TPSA) is 68.4 Å². The molecule has 28 heavy (non-hydrogen) atoms. The van der Waals surface area contributed by atoms with Crippen molar-refractivity contribution in [2.75, 3.05) is 20.2 Å². The first-order valence-electron chi connectivity index (χ1n) is 10.2. The lowest BCUT2D eigenvalue weighted by Crippen LogP contribution is -2.33. The number of thiazole rings is 1. The SMILES string of the molecule is COc1ccc2nnc(C3CCN(Cc4csc(C5CCCC5)n4)CC3)n2n1. The molecule has 1 aliphatic heterocycles. The number of piperidine rings is 1. The van der Waals surface area contributed by atoms with Crippen LogP contribution in [0.3, 0.4) is 0 Å². The number of likely N-dealkylation sites (tertiary alicyclic amines) is 1. The summed E-state index contributed by atoms with van der Waals surface area (Å²) in [6.45, 7) is 3.07. The lowest BCUT2D eigenvalue weighted by atomic mass is 9.96. The number of aromatic nitrogens is 5. The van der Waals surface area contributed by atoms with Crippen molar-refractivity contribution in [2.45, 2.75) is 56.9 Å². The molecule has 3 aromatic heterocycles. The standard InChI is InChI=1S/C20H26N6OS/c1-27-18-7-6-17-22-23-19(26(17)24-18)14-8-10-25(11-9-14)12-16-13-28-20(21-16)15-4-2-3-5-15/h6-7,13-15H,2-5,8-12H2,1H3. The highest BCUT2D eigenvalue weighted by Crippen LogP contribution is 2.36. The molecule has 1 aliphatic carbocycles. The average molecular weight is 399 g/mol. The van der Waals surface area contributed by atoms with Crippen molar-refractivity contribution < 1.29 is 4.74 Å². The summed E-state index contributed by atoms with van der Waals surface area (Å²) in [5.41, 5.74) is 2.02. The maximum absolute atomic E-state index is 5.25. The second-order valence-electron chi connectivity index (χ2n) is 7.91. The summed E-state index contributed by atoms with van der Waals surface area (Å²) in [5.74, 6) is 2.64. The van der Waals surface area contributed by atoms with Crippen molar-refractivity contribution in [1.29, 1.82) is 0 Å². The second kappa shape index (κ2) is 7.75. The predicted molar refractivity (Wildman–Crippen MR) is 108 cm³/mol. The van der Waals surface area contributed by atoms with E-state index in [0.717, 1.165) is 49.9 Å². The zero-order valence-electron chi connectivity index (χ0n) is 16.3. The highest BCUT2D eigenvalue weighted by molar-refractivity contribution is 7.09. The van der Waals surface area contributed by atoms with Crippen molar-refractivity contribution in [2.24, 2.45) is 0 Å². The monoisotopic (exact) mass is 398 g/mol. The Morgan fingerprint density at radius 2 is 1.89 bits per heavy atom. The summed E-state index contributed by atoms with van der Waals surface area (Å²) in [5, 5.41) is 16.8. The Labute approximate surface area is 168 Å². The smallest absolute Gasteiger partial charge is 0.231 e. The summed E-state index contributed by atoms with van der Waals surface area (Å²) in [6, 6.07) is 3.73. The minimum absolute atomic E-state index is 0.385. The van der Waals surface area contributed by atoms with Crippen LogP contribution >= 0.6 is 11.3 Å². The number of fused-ring (bicyclic) bond motifs is 1. The van der Waals surface area contributed by atoms with Crippen LogP contribution in [0.5, 0.6) is 5.88 Å². The first-order valence-corrected chi connectivity index (χ1v) is 11.1. The molecule has 4 heterocycles. The number of hydrogen-bond acceptors (Lipinski definition) is 7. The van der Waals surface area contributed by atoms with Crippen LogP contribution in [-0.2, 0) is 6.54 Å². The van der Waals surface area contributed by atoms with Gasteiger partial charge in [-0.25, -0.2) is 4.98 Å². The van der Waals surface area contributed by atoms with Crippen LogP contribution in [-0.4, -0.2) is 49.9 Å². The van der Waals surface area contributed by atoms with Gasteiger partial charge in [-0.1, -0.05) is 12.8 Å². The van der Waals surface area contributed by atoms with Gasteiger partial charge in [-0.3, -0.25) is 4.90 Å². The molecule has 2 fully saturated rings. The highest BCUT2D eigenvalue weighted by atomic mass is 32.1. The van der Waals surface area contributed by atoms with Crippen molar-refractivity contribution in [3.8, 4) is 5.88 Å². The van der Waals surface area contributed by atoms with E-state index in [0.29, 0.717) is 11.8 Å². The van der Waals surface area contributed by atoms with Crippen LogP contribution in [0.1, 0.15) is 66.9 Å². The quantitative estimate of drug-likeness (QED) is 0.654. The van der Waals surface area contributed by atoms with E-state index < -0.39 is 0 Å². The van der Waals surface area contributed by atoms with E-state index in [1.807, 2.05) is 28.0 Å². The highest BCUT2D eigenvalue weighted by Gasteiger charge is 2.26. The minimum Gasteiger partial charge on any atom is -0.480 e. The third-order valence-electron chi connectivity index (χ3n) is 6.08. The fraction of sp³-hybridized carbons (Fsp3) is 0.600. The summed E-state index contributed by atoms with van der Waals surface area (Å²) < 4.78 is 7.10. The van der Waals surface area contributed by atoms with Gasteiger partial charge in [0, 0.05) is 29.8 Å². The maximum atomic E-state index is 5.25. The Balaban J connectivity index is 1.22. The molecule has 1 saturated carbocycles. The van der Waals surface area contributed by atoms with Gasteiger partial charge in [-0.05, 0) is 44.8 Å². The molecule has 5 rings (SSSR count). The third-order valence-corrected chi connectivity index (χ3v) is 7.14. The van der Waals surface area contributed by atoms with Crippen LogP contribution in [0.2, 0.25) is 0 Å². The Morgan fingerprint density at radius 1 is 1.07 bits per heavy atom. The first-order chi connectivity index (χ1) is 13.8. The van der Waals surface area contributed by atoms with Gasteiger partial charge >= 0.3 is 0 Å². The van der Waals surface area contributed by atoms with Crippen molar-refractivity contribution in [1.82, 2.24) is 29.7 Å². The third kappa shape index (κ3) is 3.51. The normalized spacial score (nSPS) is 19.6. The number of hydrogen-bond donors (Lipinski definition) is 0. The van der Waals surface area contributed by atoms with E-state index in [9.17, 15) is 0 Å². The fourth-order valence-electron chi connectivity index (χ4n) is 4.49. The van der Waals surface area contributed by atoms with Crippen molar-refractivity contribution >= 4 is 17.0 Å². The summed E-state index contributed by atoms with van der Waals surface area (Å²) in [4.78, 5) is 7.46. The Bertz CT molecular complexity index is 939.